The maximum Gasteiger partial charge on any atom is 0.160 e. The molecule has 2 fully saturated rings. The van der Waals surface area contributed by atoms with E-state index in [-0.39, 0.29) is 80.3 Å². The fraction of sp³-hybridized carbons (Fsp3) is 0.735. The fourth-order valence-corrected chi connectivity index (χ4v) is 17.6. The van der Waals surface area contributed by atoms with Gasteiger partial charge in [-0.05, 0) is 268 Å². The van der Waals surface area contributed by atoms with Crippen LogP contribution in [0.2, 0.25) is 0 Å². The van der Waals surface area contributed by atoms with Crippen molar-refractivity contribution in [2.75, 3.05) is 27.8 Å². The molecule has 608 valence electrons. The zero-order chi connectivity index (χ0) is 77.9. The van der Waals surface area contributed by atoms with Gasteiger partial charge in [-0.3, -0.25) is 24.3 Å². The highest BCUT2D eigenvalue weighted by Crippen LogP contribution is 2.46. The molecule has 6 unspecified atom stereocenters. The van der Waals surface area contributed by atoms with Crippen LogP contribution in [0.5, 0.6) is 0 Å². The fourth-order valence-electron chi connectivity index (χ4n) is 17.6. The van der Waals surface area contributed by atoms with E-state index in [9.17, 15) is 9.59 Å². The SMILES string of the molecule is C.C.C.C.CC(C)(C)C1C(=O)CCCN1C(C)(C)C.CC(C)(C)C1C(=O)Cc2ccccc2N1C(C)(C)C.CC(C)(C)C1CCCCN1C(C)(C)C.CC(C)(C)C1CCc2ccccc2N1C(C)(C)C.CC(C)(C)C1CCc2ccccc2N1C(C)(C)C.CC(C)(C)C1Cc2ccccc2CN1C(C)(C)C. The molecule has 6 aliphatic rings. The van der Waals surface area contributed by atoms with E-state index in [4.69, 9.17) is 0 Å². The molecule has 0 N–H and O–H groups in total. The standard InChI is InChI=1S/C17H25NO.3C17H27N.C13H25NO.C13H27N.4CH4/c1-16(2,3)15-14(19)11-12-9-7-8-10-13(12)18(15)17(4,5)6;1-16(2,3)15-11-13-9-7-8-10-14(13)12-18(15)17(4,5)6;2*1-16(2,3)15-12-11-13-9-7-8-10-14(13)18(15)17(4,5)6;1-12(2,3)11-10(15)8-7-9-14(11)13(4,5)6;1-12(2,3)11-9-7-8-10-14(11)13(4,5)6;;;;/h7-10,15H,11H2,1-6H3;3*7-10,15H,11-12H2,1-6H3;11H,7-9H2,1-6H3;11H,7-10H2,1-6H3;4*1H4. The van der Waals surface area contributed by atoms with Gasteiger partial charge in [0.25, 0.3) is 0 Å². The lowest BCUT2D eigenvalue weighted by molar-refractivity contribution is -0.135. The van der Waals surface area contributed by atoms with E-state index in [1.165, 1.54) is 97.2 Å². The number of para-hydroxylation sites is 3. The highest BCUT2D eigenvalue weighted by molar-refractivity contribution is 5.94. The molecule has 10 rings (SSSR count). The first-order valence-corrected chi connectivity index (χ1v) is 40.1. The Morgan fingerprint density at radius 1 is 0.274 bits per heavy atom. The number of ketones is 2. The molecule has 0 saturated carbocycles. The Kier molecular flexibility index (Phi) is 34.9. The average Bonchev–Trinajstić information content (AvgIpc) is 0.758. The Labute approximate surface area is 660 Å². The molecule has 4 aromatic carbocycles. The van der Waals surface area contributed by atoms with Gasteiger partial charge >= 0.3 is 0 Å². The first-order valence-electron chi connectivity index (χ1n) is 40.1. The molecule has 2 saturated heterocycles. The number of rotatable bonds is 0. The highest BCUT2D eigenvalue weighted by atomic mass is 16.1. The van der Waals surface area contributed by atoms with Crippen molar-refractivity contribution >= 4 is 28.6 Å². The minimum absolute atomic E-state index is 0. The molecule has 0 aliphatic carbocycles. The summed E-state index contributed by atoms with van der Waals surface area (Å²) in [5.74, 6) is 0.754. The van der Waals surface area contributed by atoms with Crippen molar-refractivity contribution in [1.29, 1.82) is 0 Å². The van der Waals surface area contributed by atoms with Crippen LogP contribution in [0.3, 0.4) is 0 Å². The van der Waals surface area contributed by atoms with Crippen LogP contribution in [0.25, 0.3) is 0 Å². The smallest absolute Gasteiger partial charge is 0.160 e. The molecular formula is C98H174N6O2. The summed E-state index contributed by atoms with van der Waals surface area (Å²) < 4.78 is 0. The number of hydrogen-bond donors (Lipinski definition) is 0. The number of carbonyl (C=O) groups excluding carboxylic acids is 2. The quantitative estimate of drug-likeness (QED) is 0.173. The third kappa shape index (κ3) is 26.6. The summed E-state index contributed by atoms with van der Waals surface area (Å²) in [6, 6.07) is 37.7. The van der Waals surface area contributed by atoms with Gasteiger partial charge in [-0.15, -0.1) is 0 Å². The summed E-state index contributed by atoms with van der Waals surface area (Å²) in [6.45, 7) is 85.9. The molecule has 4 aromatic rings. The molecule has 0 aromatic heterocycles. The van der Waals surface area contributed by atoms with E-state index in [0.717, 1.165) is 37.5 Å². The van der Waals surface area contributed by atoms with Crippen LogP contribution in [0.15, 0.2) is 97.1 Å². The monoisotopic (exact) mass is 1470 g/mol. The highest BCUT2D eigenvalue weighted by Gasteiger charge is 2.47. The number of fused-ring (bicyclic) bond motifs is 4. The average molecular weight is 1470 g/mol. The van der Waals surface area contributed by atoms with Crippen LogP contribution < -0.4 is 14.7 Å². The molecule has 8 heteroatoms. The summed E-state index contributed by atoms with van der Waals surface area (Å²) in [6.07, 6.45) is 12.6. The van der Waals surface area contributed by atoms with Gasteiger partial charge in [0, 0.05) is 93.8 Å². The Balaban J connectivity index is 0.000000633. The van der Waals surface area contributed by atoms with Gasteiger partial charge in [-0.25, -0.2) is 0 Å². The van der Waals surface area contributed by atoms with Crippen molar-refractivity contribution in [3.05, 3.63) is 125 Å². The largest absolute Gasteiger partial charge is 0.363 e. The maximum atomic E-state index is 12.6. The zero-order valence-electron chi connectivity index (χ0n) is 73.1. The summed E-state index contributed by atoms with van der Waals surface area (Å²) in [4.78, 5) is 40.0. The zero-order valence-corrected chi connectivity index (χ0v) is 73.1. The number of nitrogens with zero attached hydrogens (tertiary/aromatic N) is 6. The molecule has 0 radical (unpaired) electrons. The van der Waals surface area contributed by atoms with Crippen molar-refractivity contribution < 1.29 is 9.59 Å². The van der Waals surface area contributed by atoms with Gasteiger partial charge in [-0.2, -0.15) is 0 Å². The normalized spacial score (nSPS) is 21.6. The van der Waals surface area contributed by atoms with Crippen molar-refractivity contribution in [2.45, 2.75) is 426 Å². The third-order valence-electron chi connectivity index (χ3n) is 22.3. The Morgan fingerprint density at radius 3 is 0.934 bits per heavy atom. The molecule has 0 spiro atoms. The third-order valence-corrected chi connectivity index (χ3v) is 22.3. The molecule has 0 amide bonds. The van der Waals surface area contributed by atoms with Gasteiger partial charge in [0.15, 0.2) is 11.6 Å². The van der Waals surface area contributed by atoms with Gasteiger partial charge in [0.05, 0.1) is 12.1 Å². The minimum atomic E-state index is -0.0653. The topological polar surface area (TPSA) is 53.6 Å². The van der Waals surface area contributed by atoms with E-state index < -0.39 is 0 Å². The number of Topliss-reactive ketones (excluding diaryl/α,β-unsaturated/α-hetero) is 2. The second kappa shape index (κ2) is 37.2. The van der Waals surface area contributed by atoms with Crippen LogP contribution >= 0.6 is 0 Å². The molecule has 0 bridgehead atoms. The Morgan fingerprint density at radius 2 is 0.604 bits per heavy atom. The lowest BCUT2D eigenvalue weighted by Crippen LogP contribution is -2.59. The predicted octanol–water partition coefficient (Wildman–Crippen LogP) is 26.5. The van der Waals surface area contributed by atoms with E-state index in [0.29, 0.717) is 63.3 Å². The van der Waals surface area contributed by atoms with Crippen molar-refractivity contribution in [3.8, 4) is 0 Å². The number of piperidine rings is 2. The second-order valence-electron chi connectivity index (χ2n) is 43.9. The van der Waals surface area contributed by atoms with E-state index in [1.54, 1.807) is 0 Å². The summed E-state index contributed by atoms with van der Waals surface area (Å²) >= 11 is 0. The molecule has 6 aliphatic heterocycles. The lowest BCUT2D eigenvalue weighted by atomic mass is 9.76. The number of hydrogen-bond acceptors (Lipinski definition) is 8. The molecule has 6 heterocycles. The number of aryl methyl sites for hydroxylation is 2. The van der Waals surface area contributed by atoms with Crippen LogP contribution in [-0.4, -0.2) is 109 Å². The minimum Gasteiger partial charge on any atom is -0.363 e. The lowest BCUT2D eigenvalue weighted by Gasteiger charge is -2.52. The summed E-state index contributed by atoms with van der Waals surface area (Å²) in [5.41, 5.74) is 13.6. The number of anilines is 3. The Bertz CT molecular complexity index is 3130. The van der Waals surface area contributed by atoms with Crippen molar-refractivity contribution in [3.63, 3.8) is 0 Å². The summed E-state index contributed by atoms with van der Waals surface area (Å²) in [5, 5.41) is 0. The summed E-state index contributed by atoms with van der Waals surface area (Å²) in [7, 11) is 0. The van der Waals surface area contributed by atoms with E-state index >= 15 is 0 Å². The van der Waals surface area contributed by atoms with Crippen LogP contribution in [0.1, 0.15) is 352 Å². The van der Waals surface area contributed by atoms with Gasteiger partial charge < -0.3 is 14.7 Å². The van der Waals surface area contributed by atoms with E-state index in [1.807, 2.05) is 6.07 Å². The predicted molar refractivity (Wildman–Crippen MR) is 474 cm³/mol. The van der Waals surface area contributed by atoms with E-state index in [2.05, 4.69) is 370 Å². The number of carbonyl (C=O) groups is 2. The molecule has 6 atom stereocenters. The van der Waals surface area contributed by atoms with Crippen LogP contribution in [0.4, 0.5) is 17.1 Å². The van der Waals surface area contributed by atoms with Crippen molar-refractivity contribution in [2.24, 2.45) is 32.5 Å². The van der Waals surface area contributed by atoms with Gasteiger partial charge in [-0.1, -0.05) is 240 Å². The number of likely N-dealkylation sites (tertiary alicyclic amines) is 2. The first kappa shape index (κ1) is 99.5. The maximum absolute atomic E-state index is 12.6. The molecule has 8 nitrogen and oxygen atoms in total. The number of benzene rings is 4. The van der Waals surface area contributed by atoms with Crippen molar-refractivity contribution in [1.82, 2.24) is 14.7 Å². The Hall–Kier alpha value is -4.50. The van der Waals surface area contributed by atoms with Crippen LogP contribution in [0, 0.1) is 32.5 Å². The first-order chi connectivity index (χ1) is 46.1. The molecular weight excluding hydrogens is 1290 g/mol. The van der Waals surface area contributed by atoms with Crippen LogP contribution in [-0.2, 0) is 41.8 Å². The second-order valence-corrected chi connectivity index (χ2v) is 43.9. The van der Waals surface area contributed by atoms with Gasteiger partial charge in [0.1, 0.15) is 0 Å². The molecule has 106 heavy (non-hydrogen) atoms. The van der Waals surface area contributed by atoms with Gasteiger partial charge in [0.2, 0.25) is 0 Å².